The second-order valence-electron chi connectivity index (χ2n) is 2.29. The minimum Gasteiger partial charge on any atom is -2.00 e. The van der Waals surface area contributed by atoms with E-state index in [1.165, 1.54) is 6.07 Å². The van der Waals surface area contributed by atoms with Gasteiger partial charge in [0.15, 0.2) is 0 Å². The maximum atomic E-state index is 10.7. The molecule has 0 spiro atoms. The quantitative estimate of drug-likeness (QED) is 0.460. The summed E-state index contributed by atoms with van der Waals surface area (Å²) in [5.74, 6) is 0. The molecule has 0 radical (unpaired) electrons. The van der Waals surface area contributed by atoms with Crippen molar-refractivity contribution in [1.29, 1.82) is 0 Å². The minimum absolute atomic E-state index is 0. The molecule has 0 bridgehead atoms. The largest absolute Gasteiger partial charge is 2.00 e. The summed E-state index contributed by atoms with van der Waals surface area (Å²) in [5, 5.41) is 0.951. The fourth-order valence-corrected chi connectivity index (χ4v) is 1.01. The number of hydrogen-bond acceptors (Lipinski definition) is 2. The molecular formula is C9H6MgO3. The summed E-state index contributed by atoms with van der Waals surface area (Å²) < 4.78 is 4.91. The second kappa shape index (κ2) is 5.01. The summed E-state index contributed by atoms with van der Waals surface area (Å²) in [6.07, 6.45) is 0. The van der Waals surface area contributed by atoms with E-state index in [-0.39, 0.29) is 34.2 Å². The first-order valence-electron chi connectivity index (χ1n) is 3.35. The molecule has 2 aromatic rings. The van der Waals surface area contributed by atoms with Crippen molar-refractivity contribution < 1.29 is 9.89 Å². The maximum absolute atomic E-state index is 10.7. The molecule has 2 rings (SSSR count). The number of para-hydroxylation sites is 1. The summed E-state index contributed by atoms with van der Waals surface area (Å²) in [4.78, 5) is 10.7. The van der Waals surface area contributed by atoms with Crippen molar-refractivity contribution >= 4 is 34.0 Å². The molecule has 0 aliphatic rings. The van der Waals surface area contributed by atoms with Gasteiger partial charge in [-0.3, -0.25) is 0 Å². The Morgan fingerprint density at radius 1 is 1.00 bits per heavy atom. The first-order valence-corrected chi connectivity index (χ1v) is 3.35. The fraction of sp³-hybridized carbons (Fsp3) is 0. The van der Waals surface area contributed by atoms with Gasteiger partial charge < -0.3 is 9.89 Å². The van der Waals surface area contributed by atoms with E-state index in [0.29, 0.717) is 5.58 Å². The molecule has 0 atom stereocenters. The van der Waals surface area contributed by atoms with Crippen LogP contribution in [0.1, 0.15) is 0 Å². The number of benzene rings is 1. The Morgan fingerprint density at radius 3 is 2.46 bits per heavy atom. The number of fused-ring (bicyclic) bond motifs is 1. The van der Waals surface area contributed by atoms with Crippen LogP contribution in [0.2, 0.25) is 0 Å². The van der Waals surface area contributed by atoms with Crippen LogP contribution >= 0.6 is 0 Å². The van der Waals surface area contributed by atoms with Crippen molar-refractivity contribution in [3.05, 3.63) is 46.8 Å². The third-order valence-corrected chi connectivity index (χ3v) is 1.53. The molecule has 3 nitrogen and oxygen atoms in total. The number of hydrogen-bond donors (Lipinski definition) is 0. The Kier molecular flexibility index (Phi) is 4.68. The van der Waals surface area contributed by atoms with Crippen LogP contribution in [-0.2, 0) is 5.48 Å². The van der Waals surface area contributed by atoms with Crippen molar-refractivity contribution in [1.82, 2.24) is 0 Å². The molecular weight excluding hydrogens is 180 g/mol. The first-order chi connectivity index (χ1) is 5.36. The molecule has 0 fully saturated rings. The molecule has 62 valence electrons. The van der Waals surface area contributed by atoms with Crippen LogP contribution in [0, 0.1) is 0 Å². The second-order valence-corrected chi connectivity index (χ2v) is 2.29. The van der Waals surface area contributed by atoms with E-state index in [2.05, 4.69) is 0 Å². The molecule has 4 heteroatoms. The Balaban J connectivity index is 0.000000720. The molecule has 0 aliphatic heterocycles. The molecule has 1 aromatic carbocycles. The predicted octanol–water partition coefficient (Wildman–Crippen LogP) is 1.29. The van der Waals surface area contributed by atoms with Gasteiger partial charge in [-0.2, -0.15) is 0 Å². The van der Waals surface area contributed by atoms with Gasteiger partial charge in [-0.25, -0.2) is 4.79 Å². The third kappa shape index (κ3) is 2.55. The Bertz CT molecular complexity index is 436. The topological polar surface area (TPSA) is 58.7 Å². The molecule has 0 amide bonds. The summed E-state index contributed by atoms with van der Waals surface area (Å²) in [6, 6.07) is 10.6. The normalized spacial score (nSPS) is 8.62. The van der Waals surface area contributed by atoms with Crippen LogP contribution in [0.25, 0.3) is 11.0 Å². The molecule has 0 N–H and O–H groups in total. The van der Waals surface area contributed by atoms with Gasteiger partial charge in [0, 0.05) is 11.5 Å². The van der Waals surface area contributed by atoms with Gasteiger partial charge in [-0.15, -0.1) is 0 Å². The van der Waals surface area contributed by atoms with Crippen LogP contribution < -0.4 is 5.63 Å². The summed E-state index contributed by atoms with van der Waals surface area (Å²) >= 11 is 0. The third-order valence-electron chi connectivity index (χ3n) is 1.53. The monoisotopic (exact) mass is 186 g/mol. The maximum Gasteiger partial charge on any atom is 2.00 e. The van der Waals surface area contributed by atoms with Crippen LogP contribution in [0.3, 0.4) is 0 Å². The van der Waals surface area contributed by atoms with Gasteiger partial charge in [-0.1, -0.05) is 18.2 Å². The van der Waals surface area contributed by atoms with E-state index in [4.69, 9.17) is 4.42 Å². The molecule has 0 saturated heterocycles. The van der Waals surface area contributed by atoms with Gasteiger partial charge in [0.2, 0.25) is 0 Å². The molecule has 1 heterocycles. The Morgan fingerprint density at radius 2 is 1.69 bits per heavy atom. The van der Waals surface area contributed by atoms with Crippen LogP contribution in [0.4, 0.5) is 0 Å². The van der Waals surface area contributed by atoms with Gasteiger partial charge in [0.1, 0.15) is 5.58 Å². The van der Waals surface area contributed by atoms with E-state index >= 15 is 0 Å². The SMILES string of the molecule is O=c1ccc2ccccc2o1.[Mg+2].[O-2]. The van der Waals surface area contributed by atoms with Crippen molar-refractivity contribution in [2.24, 2.45) is 0 Å². The smallest absolute Gasteiger partial charge is 2.00 e. The Hall–Kier alpha value is -0.844. The van der Waals surface area contributed by atoms with E-state index < -0.39 is 0 Å². The van der Waals surface area contributed by atoms with Crippen molar-refractivity contribution in [2.45, 2.75) is 0 Å². The molecule has 0 saturated carbocycles. The van der Waals surface area contributed by atoms with Crippen LogP contribution in [0.15, 0.2) is 45.6 Å². The molecule has 1 aromatic heterocycles. The van der Waals surface area contributed by atoms with E-state index in [1.54, 1.807) is 12.1 Å². The van der Waals surface area contributed by atoms with Crippen LogP contribution in [-0.4, -0.2) is 23.1 Å². The summed E-state index contributed by atoms with van der Waals surface area (Å²) in [6.45, 7) is 0. The zero-order valence-electron chi connectivity index (χ0n) is 6.90. The van der Waals surface area contributed by atoms with Crippen molar-refractivity contribution in [3.63, 3.8) is 0 Å². The van der Waals surface area contributed by atoms with E-state index in [9.17, 15) is 4.79 Å². The zero-order chi connectivity index (χ0) is 7.68. The first kappa shape index (κ1) is 12.2. The predicted molar refractivity (Wildman–Crippen MR) is 48.9 cm³/mol. The van der Waals surface area contributed by atoms with Crippen molar-refractivity contribution in [2.75, 3.05) is 0 Å². The summed E-state index contributed by atoms with van der Waals surface area (Å²) in [5.41, 5.74) is 0.337. The van der Waals surface area contributed by atoms with E-state index in [0.717, 1.165) is 5.39 Å². The summed E-state index contributed by atoms with van der Waals surface area (Å²) in [7, 11) is 0. The fourth-order valence-electron chi connectivity index (χ4n) is 1.01. The van der Waals surface area contributed by atoms with Crippen molar-refractivity contribution in [3.8, 4) is 0 Å². The molecule has 13 heavy (non-hydrogen) atoms. The van der Waals surface area contributed by atoms with Crippen LogP contribution in [0.5, 0.6) is 0 Å². The zero-order valence-corrected chi connectivity index (χ0v) is 8.31. The van der Waals surface area contributed by atoms with Gasteiger partial charge >= 0.3 is 28.7 Å². The molecule has 0 unspecified atom stereocenters. The van der Waals surface area contributed by atoms with Gasteiger partial charge in [0.05, 0.1) is 0 Å². The average molecular weight is 186 g/mol. The van der Waals surface area contributed by atoms with Gasteiger partial charge in [0.25, 0.3) is 0 Å². The van der Waals surface area contributed by atoms with Gasteiger partial charge in [-0.05, 0) is 12.1 Å². The average Bonchev–Trinajstić information content (AvgIpc) is 2.04. The van der Waals surface area contributed by atoms with E-state index in [1.807, 2.05) is 18.2 Å². The standard InChI is InChI=1S/C9H6O2.Mg.O/c10-9-6-5-7-3-1-2-4-8(7)11-9;;/h1-6H;;/q;+2;-2. The molecule has 0 aliphatic carbocycles. The number of rotatable bonds is 0. The minimum atomic E-state index is -0.302. The Labute approximate surface area is 90.8 Å².